The molecule has 2 aromatic heterocycles. The van der Waals surface area contributed by atoms with E-state index in [0.717, 1.165) is 5.69 Å². The Morgan fingerprint density at radius 3 is 2.43 bits per heavy atom. The lowest BCUT2D eigenvalue weighted by Crippen LogP contribution is -2.23. The first kappa shape index (κ1) is 25.0. The van der Waals surface area contributed by atoms with Crippen LogP contribution in [-0.2, 0) is 16.1 Å². The number of nitrogens with two attached hydrogens (primary N) is 2. The van der Waals surface area contributed by atoms with Crippen molar-refractivity contribution in [2.24, 2.45) is 5.92 Å². The van der Waals surface area contributed by atoms with Crippen molar-refractivity contribution in [1.82, 2.24) is 19.9 Å². The standard InChI is InChI=1S/C23H25N7O5/c1-2-9-30(12-15-11-26-21-19(27-15)20(24)28-23(25)29-21)16-6-3-13(4-7-16)17(31)10-14(22(34)35)5-8-18(32)33/h2-4,6-7,11,14H,1,5,8-10,12H2,(H,32,33)(H,34,35)(H4,24,25,26,28,29)/t14-/m1/s1. The number of anilines is 3. The van der Waals surface area contributed by atoms with Gasteiger partial charge in [-0.05, 0) is 30.7 Å². The summed E-state index contributed by atoms with van der Waals surface area (Å²) in [5.74, 6) is -3.60. The summed E-state index contributed by atoms with van der Waals surface area (Å²) in [6.45, 7) is 4.60. The average Bonchev–Trinajstić information content (AvgIpc) is 2.81. The number of fused-ring (bicyclic) bond motifs is 1. The Hall–Kier alpha value is -4.61. The Morgan fingerprint density at radius 2 is 1.80 bits per heavy atom. The number of Topliss-reactive ketones (excluding diaryl/α,β-unsaturated/α-hetero) is 1. The number of carbonyl (C=O) groups excluding carboxylic acids is 1. The van der Waals surface area contributed by atoms with Gasteiger partial charge in [-0.15, -0.1) is 6.58 Å². The van der Waals surface area contributed by atoms with Crippen LogP contribution in [0.5, 0.6) is 0 Å². The van der Waals surface area contributed by atoms with Crippen LogP contribution >= 0.6 is 0 Å². The molecule has 0 unspecified atom stereocenters. The zero-order valence-electron chi connectivity index (χ0n) is 18.8. The highest BCUT2D eigenvalue weighted by atomic mass is 16.4. The third-order valence-corrected chi connectivity index (χ3v) is 5.25. The molecule has 0 aliphatic heterocycles. The molecule has 6 N–H and O–H groups in total. The van der Waals surface area contributed by atoms with Gasteiger partial charge in [0.15, 0.2) is 22.8 Å². The fraction of sp³-hybridized carbons (Fsp3) is 0.261. The van der Waals surface area contributed by atoms with E-state index in [2.05, 4.69) is 26.5 Å². The number of carbonyl (C=O) groups is 3. The molecule has 35 heavy (non-hydrogen) atoms. The molecule has 0 bridgehead atoms. The largest absolute Gasteiger partial charge is 0.481 e. The summed E-state index contributed by atoms with van der Waals surface area (Å²) in [5.41, 5.74) is 13.8. The van der Waals surface area contributed by atoms with Crippen molar-refractivity contribution in [3.8, 4) is 0 Å². The second-order valence-electron chi connectivity index (χ2n) is 7.81. The molecule has 0 saturated carbocycles. The molecule has 12 heteroatoms. The van der Waals surface area contributed by atoms with Crippen LogP contribution in [0.4, 0.5) is 17.5 Å². The highest BCUT2D eigenvalue weighted by Gasteiger charge is 2.23. The van der Waals surface area contributed by atoms with Gasteiger partial charge in [0.05, 0.1) is 24.4 Å². The van der Waals surface area contributed by atoms with Gasteiger partial charge >= 0.3 is 11.9 Å². The summed E-state index contributed by atoms with van der Waals surface area (Å²) in [5, 5.41) is 18.1. The lowest BCUT2D eigenvalue weighted by atomic mass is 9.94. The van der Waals surface area contributed by atoms with Gasteiger partial charge in [-0.25, -0.2) is 9.97 Å². The van der Waals surface area contributed by atoms with Crippen molar-refractivity contribution >= 4 is 46.3 Å². The van der Waals surface area contributed by atoms with E-state index < -0.39 is 17.9 Å². The first-order valence-corrected chi connectivity index (χ1v) is 10.7. The minimum Gasteiger partial charge on any atom is -0.481 e. The number of benzene rings is 1. The molecule has 182 valence electrons. The van der Waals surface area contributed by atoms with Gasteiger partial charge in [-0.1, -0.05) is 6.08 Å². The SMILES string of the molecule is C=CCN(Cc1cnc2nc(N)nc(N)c2n1)c1ccc(C(=O)C[C@@H](CCC(=O)O)C(=O)O)cc1. The summed E-state index contributed by atoms with van der Waals surface area (Å²) in [4.78, 5) is 53.3. The normalized spacial score (nSPS) is 11.7. The zero-order chi connectivity index (χ0) is 25.5. The van der Waals surface area contributed by atoms with Crippen LogP contribution in [-0.4, -0.2) is 54.4 Å². The maximum atomic E-state index is 12.6. The van der Waals surface area contributed by atoms with Crippen LogP contribution < -0.4 is 16.4 Å². The summed E-state index contributed by atoms with van der Waals surface area (Å²) in [6.07, 6.45) is 2.56. The van der Waals surface area contributed by atoms with Crippen molar-refractivity contribution in [2.45, 2.75) is 25.8 Å². The van der Waals surface area contributed by atoms with Gasteiger partial charge in [0.25, 0.3) is 0 Å². The number of nitrogens with zero attached hydrogens (tertiary/aromatic N) is 5. The van der Waals surface area contributed by atoms with Crippen molar-refractivity contribution in [3.63, 3.8) is 0 Å². The molecule has 1 aromatic carbocycles. The Labute approximate surface area is 200 Å². The van der Waals surface area contributed by atoms with Crippen LogP contribution in [0, 0.1) is 5.92 Å². The number of rotatable bonds is 12. The predicted molar refractivity (Wildman–Crippen MR) is 129 cm³/mol. The summed E-state index contributed by atoms with van der Waals surface area (Å²) < 4.78 is 0. The van der Waals surface area contributed by atoms with Crippen LogP contribution in [0.3, 0.4) is 0 Å². The quantitative estimate of drug-likeness (QED) is 0.218. The van der Waals surface area contributed by atoms with Crippen LogP contribution in [0.15, 0.2) is 43.1 Å². The number of aromatic nitrogens is 4. The Kier molecular flexibility index (Phi) is 7.87. The summed E-state index contributed by atoms with van der Waals surface area (Å²) in [7, 11) is 0. The molecule has 0 spiro atoms. The molecule has 0 aliphatic rings. The smallest absolute Gasteiger partial charge is 0.306 e. The Balaban J connectivity index is 1.75. The lowest BCUT2D eigenvalue weighted by molar-refractivity contribution is -0.142. The second-order valence-corrected chi connectivity index (χ2v) is 7.81. The molecule has 0 saturated heterocycles. The molecule has 12 nitrogen and oxygen atoms in total. The lowest BCUT2D eigenvalue weighted by Gasteiger charge is -2.23. The van der Waals surface area contributed by atoms with Crippen molar-refractivity contribution in [2.75, 3.05) is 22.9 Å². The predicted octanol–water partition coefficient (Wildman–Crippen LogP) is 1.92. The van der Waals surface area contributed by atoms with Gasteiger partial charge in [0.1, 0.15) is 0 Å². The number of carboxylic acids is 2. The zero-order valence-corrected chi connectivity index (χ0v) is 18.8. The Morgan fingerprint density at radius 1 is 1.09 bits per heavy atom. The minimum absolute atomic E-state index is 0.0107. The number of hydrogen-bond donors (Lipinski definition) is 4. The van der Waals surface area contributed by atoms with E-state index in [0.29, 0.717) is 35.5 Å². The topological polar surface area (TPSA) is 199 Å². The molecular formula is C23H25N7O5. The molecule has 2 heterocycles. The minimum atomic E-state index is -1.20. The van der Waals surface area contributed by atoms with E-state index in [1.165, 1.54) is 0 Å². The molecule has 0 amide bonds. The van der Waals surface area contributed by atoms with Gasteiger partial charge in [0, 0.05) is 30.6 Å². The number of nitrogen functional groups attached to an aromatic ring is 2. The average molecular weight is 479 g/mol. The van der Waals surface area contributed by atoms with Crippen molar-refractivity contribution in [1.29, 1.82) is 0 Å². The summed E-state index contributed by atoms with van der Waals surface area (Å²) >= 11 is 0. The van der Waals surface area contributed by atoms with E-state index in [4.69, 9.17) is 16.6 Å². The molecule has 0 fully saturated rings. The second kappa shape index (κ2) is 11.0. The third-order valence-electron chi connectivity index (χ3n) is 5.25. The van der Waals surface area contributed by atoms with Crippen molar-refractivity contribution < 1.29 is 24.6 Å². The highest BCUT2D eigenvalue weighted by molar-refractivity contribution is 5.98. The fourth-order valence-electron chi connectivity index (χ4n) is 3.48. The van der Waals surface area contributed by atoms with Crippen LogP contribution in [0.2, 0.25) is 0 Å². The number of aliphatic carboxylic acids is 2. The molecular weight excluding hydrogens is 454 g/mol. The maximum absolute atomic E-state index is 12.6. The number of carboxylic acid groups (broad SMARTS) is 2. The van der Waals surface area contributed by atoms with Gasteiger partial charge in [0.2, 0.25) is 5.95 Å². The van der Waals surface area contributed by atoms with Crippen molar-refractivity contribution in [3.05, 3.63) is 54.4 Å². The molecule has 1 atom stereocenters. The van der Waals surface area contributed by atoms with E-state index >= 15 is 0 Å². The van der Waals surface area contributed by atoms with Crippen LogP contribution in [0.25, 0.3) is 11.2 Å². The van der Waals surface area contributed by atoms with E-state index in [1.807, 2.05) is 4.90 Å². The highest BCUT2D eigenvalue weighted by Crippen LogP contribution is 2.22. The van der Waals surface area contributed by atoms with Gasteiger partial charge < -0.3 is 26.6 Å². The monoisotopic (exact) mass is 479 g/mol. The van der Waals surface area contributed by atoms with Crippen LogP contribution in [0.1, 0.15) is 35.3 Å². The molecule has 3 rings (SSSR count). The molecule has 3 aromatic rings. The Bertz CT molecular complexity index is 1260. The molecule has 0 aliphatic carbocycles. The number of ketones is 1. The van der Waals surface area contributed by atoms with Gasteiger partial charge in [-0.2, -0.15) is 9.97 Å². The molecule has 0 radical (unpaired) electrons. The maximum Gasteiger partial charge on any atom is 0.306 e. The van der Waals surface area contributed by atoms with E-state index in [9.17, 15) is 19.5 Å². The fourth-order valence-corrected chi connectivity index (χ4v) is 3.48. The number of hydrogen-bond acceptors (Lipinski definition) is 10. The van der Waals surface area contributed by atoms with E-state index in [1.54, 1.807) is 36.5 Å². The first-order chi connectivity index (χ1) is 16.7. The van der Waals surface area contributed by atoms with E-state index in [-0.39, 0.29) is 36.8 Å². The third kappa shape index (κ3) is 6.47. The first-order valence-electron chi connectivity index (χ1n) is 10.7. The van der Waals surface area contributed by atoms with Gasteiger partial charge in [-0.3, -0.25) is 14.4 Å². The summed E-state index contributed by atoms with van der Waals surface area (Å²) in [6, 6.07) is 6.67.